The van der Waals surface area contributed by atoms with Gasteiger partial charge >= 0.3 is 5.97 Å². The molecule has 1 aromatic rings. The van der Waals surface area contributed by atoms with Gasteiger partial charge in [0.15, 0.2) is 0 Å². The van der Waals surface area contributed by atoms with Crippen LogP contribution in [0.4, 0.5) is 0 Å². The van der Waals surface area contributed by atoms with Crippen molar-refractivity contribution in [3.63, 3.8) is 0 Å². The van der Waals surface area contributed by atoms with Gasteiger partial charge in [-0.05, 0) is 63.3 Å². The number of carbonyl (C=O) groups is 1. The fraction of sp³-hybridized carbons (Fsp3) is 0.417. The lowest BCUT2D eigenvalue weighted by Gasteiger charge is -2.11. The maximum absolute atomic E-state index is 11.3. The summed E-state index contributed by atoms with van der Waals surface area (Å²) in [4.78, 5) is 10.3. The molecule has 118 valence electrons. The Morgan fingerprint density at radius 1 is 1.19 bits per heavy atom. The van der Waals surface area contributed by atoms with Crippen molar-refractivity contribution in [1.29, 1.82) is 0 Å². The summed E-state index contributed by atoms with van der Waals surface area (Å²) in [5.74, 6) is -0.323. The van der Waals surface area contributed by atoms with E-state index in [2.05, 4.69) is 31.9 Å². The van der Waals surface area contributed by atoms with Crippen LogP contribution in [0.15, 0.2) is 26.0 Å². The zero-order valence-electron chi connectivity index (χ0n) is 10.8. The van der Waals surface area contributed by atoms with E-state index in [1.54, 1.807) is 0 Å². The molecule has 0 radical (unpaired) electrons. The summed E-state index contributed by atoms with van der Waals surface area (Å²) in [6.07, 6.45) is 2.21. The summed E-state index contributed by atoms with van der Waals surface area (Å²) >= 11 is 6.47. The molecule has 1 N–H and O–H groups in total. The molecular formula is C12H13Br2ClO5S. The molecule has 0 atom stereocenters. The largest absolute Gasteiger partial charge is 0.491 e. The number of carboxylic acid groups (broad SMARTS) is 1. The van der Waals surface area contributed by atoms with Crippen LogP contribution >= 0.6 is 42.5 Å². The molecule has 0 aliphatic rings. The van der Waals surface area contributed by atoms with Crippen molar-refractivity contribution in [3.05, 3.63) is 21.1 Å². The Morgan fingerprint density at radius 2 is 1.76 bits per heavy atom. The van der Waals surface area contributed by atoms with E-state index in [-0.39, 0.29) is 11.3 Å². The van der Waals surface area contributed by atoms with Crippen LogP contribution in [0.5, 0.6) is 5.75 Å². The summed E-state index contributed by atoms with van der Waals surface area (Å²) in [6.45, 7) is 0.407. The number of hydrogen-bond acceptors (Lipinski definition) is 4. The number of aliphatic carboxylic acids is 1. The van der Waals surface area contributed by atoms with Crippen LogP contribution in [0, 0.1) is 0 Å². The Balaban J connectivity index is 2.59. The summed E-state index contributed by atoms with van der Waals surface area (Å²) < 4.78 is 29.1. The van der Waals surface area contributed by atoms with Crippen LogP contribution in [0.1, 0.15) is 25.7 Å². The highest BCUT2D eigenvalue weighted by molar-refractivity contribution is 9.11. The minimum atomic E-state index is -3.80. The molecule has 0 saturated carbocycles. The van der Waals surface area contributed by atoms with Gasteiger partial charge in [-0.3, -0.25) is 4.79 Å². The predicted molar refractivity (Wildman–Crippen MR) is 86.5 cm³/mol. The van der Waals surface area contributed by atoms with Crippen molar-refractivity contribution in [1.82, 2.24) is 0 Å². The molecule has 0 saturated heterocycles. The highest BCUT2D eigenvalue weighted by atomic mass is 79.9. The Kier molecular flexibility index (Phi) is 7.46. The van der Waals surface area contributed by atoms with Crippen molar-refractivity contribution in [2.45, 2.75) is 30.6 Å². The molecule has 0 amide bonds. The lowest BCUT2D eigenvalue weighted by Crippen LogP contribution is -2.01. The third kappa shape index (κ3) is 6.54. The van der Waals surface area contributed by atoms with E-state index in [9.17, 15) is 13.2 Å². The van der Waals surface area contributed by atoms with E-state index in [0.29, 0.717) is 34.1 Å². The molecule has 9 heteroatoms. The monoisotopic (exact) mass is 462 g/mol. The Bertz CT molecular complexity index is 595. The summed E-state index contributed by atoms with van der Waals surface area (Å²) in [5, 5.41) is 8.51. The van der Waals surface area contributed by atoms with Crippen molar-refractivity contribution >= 4 is 57.6 Å². The fourth-order valence-electron chi connectivity index (χ4n) is 1.54. The van der Waals surface area contributed by atoms with Crippen LogP contribution in [-0.4, -0.2) is 26.1 Å². The van der Waals surface area contributed by atoms with E-state index >= 15 is 0 Å². The summed E-state index contributed by atoms with van der Waals surface area (Å²) in [5.41, 5.74) is 0. The number of rotatable bonds is 8. The summed E-state index contributed by atoms with van der Waals surface area (Å²) in [6, 6.07) is 2.74. The molecule has 5 nitrogen and oxygen atoms in total. The Morgan fingerprint density at radius 3 is 2.24 bits per heavy atom. The highest BCUT2D eigenvalue weighted by Crippen LogP contribution is 2.37. The zero-order valence-corrected chi connectivity index (χ0v) is 15.6. The van der Waals surface area contributed by atoms with E-state index in [0.717, 1.165) is 6.42 Å². The van der Waals surface area contributed by atoms with Crippen molar-refractivity contribution in [2.24, 2.45) is 0 Å². The Labute approximate surface area is 144 Å². The van der Waals surface area contributed by atoms with E-state index in [4.69, 9.17) is 20.5 Å². The summed E-state index contributed by atoms with van der Waals surface area (Å²) in [7, 11) is 1.48. The molecule has 0 heterocycles. The second-order valence-corrected chi connectivity index (χ2v) is 8.48. The van der Waals surface area contributed by atoms with Crippen LogP contribution in [-0.2, 0) is 13.8 Å². The van der Waals surface area contributed by atoms with Gasteiger partial charge < -0.3 is 9.84 Å². The molecule has 0 bridgehead atoms. The molecule has 0 aliphatic heterocycles. The van der Waals surface area contributed by atoms with Gasteiger partial charge in [-0.25, -0.2) is 8.42 Å². The number of halogens is 3. The maximum atomic E-state index is 11.3. The molecule has 1 aromatic carbocycles. The minimum Gasteiger partial charge on any atom is -0.491 e. The Hall–Kier alpha value is -0.310. The standard InChI is InChI=1S/C12H13Br2ClO5S/c13-9-6-8(21(15,18)19)7-10(14)12(9)20-5-3-1-2-4-11(16)17/h6-7H,1-5H2,(H,16,17). The normalized spacial score (nSPS) is 11.4. The lowest BCUT2D eigenvalue weighted by molar-refractivity contribution is -0.137. The third-order valence-electron chi connectivity index (χ3n) is 2.53. The number of ether oxygens (including phenoxy) is 1. The van der Waals surface area contributed by atoms with Crippen molar-refractivity contribution < 1.29 is 23.1 Å². The van der Waals surface area contributed by atoms with Crippen LogP contribution < -0.4 is 4.74 Å². The first-order chi connectivity index (χ1) is 9.71. The predicted octanol–water partition coefficient (Wildman–Crippen LogP) is 4.16. The molecular weight excluding hydrogens is 451 g/mol. The van der Waals surface area contributed by atoms with Crippen molar-refractivity contribution in [3.8, 4) is 5.75 Å². The highest BCUT2D eigenvalue weighted by Gasteiger charge is 2.16. The quantitative estimate of drug-likeness (QED) is 0.462. The lowest BCUT2D eigenvalue weighted by atomic mass is 10.2. The molecule has 0 fully saturated rings. The van der Waals surface area contributed by atoms with Gasteiger partial charge in [-0.2, -0.15) is 0 Å². The molecule has 0 spiro atoms. The minimum absolute atomic E-state index is 0.0308. The van der Waals surface area contributed by atoms with Gasteiger partial charge in [0, 0.05) is 17.1 Å². The van der Waals surface area contributed by atoms with Gasteiger partial charge in [-0.15, -0.1) is 0 Å². The number of carboxylic acids is 1. The van der Waals surface area contributed by atoms with Gasteiger partial charge in [0.2, 0.25) is 0 Å². The molecule has 0 aliphatic carbocycles. The average Bonchev–Trinajstić information content (AvgIpc) is 2.34. The number of benzene rings is 1. The SMILES string of the molecule is O=C(O)CCCCCOc1c(Br)cc(S(=O)(=O)Cl)cc1Br. The third-order valence-corrected chi connectivity index (χ3v) is 5.05. The van der Waals surface area contributed by atoms with Crippen LogP contribution in [0.25, 0.3) is 0 Å². The molecule has 0 aromatic heterocycles. The van der Waals surface area contributed by atoms with Gasteiger partial charge in [0.1, 0.15) is 5.75 Å². The first kappa shape index (κ1) is 18.7. The van der Waals surface area contributed by atoms with Gasteiger partial charge in [-0.1, -0.05) is 0 Å². The average molecular weight is 465 g/mol. The topological polar surface area (TPSA) is 80.7 Å². The number of hydrogen-bond donors (Lipinski definition) is 1. The van der Waals surface area contributed by atoms with Gasteiger partial charge in [0.25, 0.3) is 9.05 Å². The zero-order chi connectivity index (χ0) is 16.0. The van der Waals surface area contributed by atoms with Crippen LogP contribution in [0.3, 0.4) is 0 Å². The van der Waals surface area contributed by atoms with Crippen LogP contribution in [0.2, 0.25) is 0 Å². The maximum Gasteiger partial charge on any atom is 0.303 e. The molecule has 1 rings (SSSR count). The first-order valence-electron chi connectivity index (χ1n) is 6.00. The van der Waals surface area contributed by atoms with E-state index in [1.165, 1.54) is 12.1 Å². The smallest absolute Gasteiger partial charge is 0.303 e. The second-order valence-electron chi connectivity index (χ2n) is 4.21. The number of unbranched alkanes of at least 4 members (excludes halogenated alkanes) is 2. The van der Waals surface area contributed by atoms with E-state index < -0.39 is 15.0 Å². The van der Waals surface area contributed by atoms with Gasteiger partial charge in [0.05, 0.1) is 20.4 Å². The second kappa shape index (κ2) is 8.36. The molecule has 0 unspecified atom stereocenters. The van der Waals surface area contributed by atoms with E-state index in [1.807, 2.05) is 0 Å². The molecule has 21 heavy (non-hydrogen) atoms. The first-order valence-corrected chi connectivity index (χ1v) is 9.89. The fourth-order valence-corrected chi connectivity index (χ4v) is 4.05. The van der Waals surface area contributed by atoms with Crippen molar-refractivity contribution in [2.75, 3.05) is 6.61 Å².